The molecule has 2 N–H and O–H groups in total. The van der Waals surface area contributed by atoms with Crippen LogP contribution in [0.5, 0.6) is 0 Å². The van der Waals surface area contributed by atoms with E-state index in [0.717, 1.165) is 0 Å². The Labute approximate surface area is 86.8 Å². The lowest BCUT2D eigenvalue weighted by molar-refractivity contribution is -0.150. The van der Waals surface area contributed by atoms with E-state index in [1.165, 1.54) is 18.0 Å². The molecule has 0 bridgehead atoms. The number of aromatic nitrogens is 2. The molecule has 0 aliphatic heterocycles. The highest BCUT2D eigenvalue weighted by Gasteiger charge is 2.32. The van der Waals surface area contributed by atoms with Gasteiger partial charge in [-0.05, 0) is 13.8 Å². The Bertz CT molecular complexity index is 340. The monoisotopic (exact) mass is 217 g/mol. The third kappa shape index (κ3) is 1.68. The fourth-order valence-corrected chi connectivity index (χ4v) is 1.13. The number of ether oxygens (including phenoxy) is 1. The summed E-state index contributed by atoms with van der Waals surface area (Å²) in [6.07, 6.45) is 1.50. The number of rotatable bonds is 2. The van der Waals surface area contributed by atoms with Gasteiger partial charge in [-0.15, -0.1) is 0 Å². The van der Waals surface area contributed by atoms with E-state index < -0.39 is 11.5 Å². The highest BCUT2D eigenvalue weighted by molar-refractivity contribution is 6.31. The Kier molecular flexibility index (Phi) is 2.71. The van der Waals surface area contributed by atoms with Crippen LogP contribution >= 0.6 is 11.6 Å². The maximum atomic E-state index is 11.4. The Morgan fingerprint density at radius 3 is 2.64 bits per heavy atom. The van der Waals surface area contributed by atoms with Gasteiger partial charge in [0.15, 0.2) is 10.7 Å². The minimum absolute atomic E-state index is 0.182. The number of carbonyl (C=O) groups excluding carboxylic acids is 1. The second-order valence-electron chi connectivity index (χ2n) is 3.37. The van der Waals surface area contributed by atoms with Gasteiger partial charge in [0.05, 0.1) is 19.0 Å². The number of halogens is 1. The van der Waals surface area contributed by atoms with Crippen molar-refractivity contribution in [2.24, 2.45) is 0 Å². The minimum Gasteiger partial charge on any atom is -0.467 e. The third-order valence-electron chi connectivity index (χ3n) is 1.95. The summed E-state index contributed by atoms with van der Waals surface area (Å²) in [5.41, 5.74) is 4.94. The first-order valence-electron chi connectivity index (χ1n) is 3.99. The molecule has 0 spiro atoms. The lowest BCUT2D eigenvalue weighted by atomic mass is 10.1. The number of hydrogen-bond acceptors (Lipinski definition) is 4. The molecule has 0 fully saturated rings. The summed E-state index contributed by atoms with van der Waals surface area (Å²) in [7, 11) is 1.32. The molecule has 14 heavy (non-hydrogen) atoms. The molecular formula is C8H12ClN3O2. The largest absolute Gasteiger partial charge is 0.467 e. The molecule has 0 amide bonds. The molecule has 1 aromatic rings. The van der Waals surface area contributed by atoms with E-state index in [0.29, 0.717) is 5.69 Å². The summed E-state index contributed by atoms with van der Waals surface area (Å²) >= 11 is 5.67. The normalized spacial score (nSPS) is 11.4. The number of carbonyl (C=O) groups is 1. The zero-order valence-electron chi connectivity index (χ0n) is 8.24. The Balaban J connectivity index is 3.09. The number of anilines is 1. The number of methoxy groups -OCH3 is 1. The van der Waals surface area contributed by atoms with Crippen molar-refractivity contribution < 1.29 is 9.53 Å². The molecule has 0 aliphatic rings. The van der Waals surface area contributed by atoms with Crippen LogP contribution in [-0.4, -0.2) is 22.9 Å². The van der Waals surface area contributed by atoms with Crippen molar-refractivity contribution >= 4 is 23.3 Å². The first-order chi connectivity index (χ1) is 6.39. The SMILES string of the molecule is COC(=O)C(C)(C)n1cc(N)c(Cl)n1. The summed E-state index contributed by atoms with van der Waals surface area (Å²) in [5.74, 6) is -0.406. The number of nitrogen functional groups attached to an aromatic ring is 1. The summed E-state index contributed by atoms with van der Waals surface area (Å²) in [6.45, 7) is 3.34. The first-order valence-corrected chi connectivity index (χ1v) is 4.37. The second kappa shape index (κ2) is 3.49. The van der Waals surface area contributed by atoms with Gasteiger partial charge in [0, 0.05) is 0 Å². The van der Waals surface area contributed by atoms with E-state index >= 15 is 0 Å². The van der Waals surface area contributed by atoms with Crippen LogP contribution in [0.4, 0.5) is 5.69 Å². The quantitative estimate of drug-likeness (QED) is 0.752. The zero-order valence-corrected chi connectivity index (χ0v) is 9.00. The van der Waals surface area contributed by atoms with Crippen molar-refractivity contribution in [2.45, 2.75) is 19.4 Å². The van der Waals surface area contributed by atoms with E-state index in [1.54, 1.807) is 13.8 Å². The smallest absolute Gasteiger partial charge is 0.333 e. The van der Waals surface area contributed by atoms with E-state index in [2.05, 4.69) is 9.84 Å². The van der Waals surface area contributed by atoms with Crippen LogP contribution in [0, 0.1) is 0 Å². The van der Waals surface area contributed by atoms with Crippen molar-refractivity contribution in [1.29, 1.82) is 0 Å². The molecule has 5 nitrogen and oxygen atoms in total. The Morgan fingerprint density at radius 1 is 1.71 bits per heavy atom. The predicted octanol–water partition coefficient (Wildman–Crippen LogP) is 1.03. The molecule has 0 aromatic carbocycles. The van der Waals surface area contributed by atoms with Crippen LogP contribution in [0.15, 0.2) is 6.20 Å². The Morgan fingerprint density at radius 2 is 2.29 bits per heavy atom. The molecule has 0 saturated carbocycles. The van der Waals surface area contributed by atoms with Crippen molar-refractivity contribution in [3.8, 4) is 0 Å². The zero-order chi connectivity index (χ0) is 10.9. The molecule has 0 saturated heterocycles. The molecule has 0 atom stereocenters. The van der Waals surface area contributed by atoms with Gasteiger partial charge in [-0.1, -0.05) is 11.6 Å². The maximum Gasteiger partial charge on any atom is 0.333 e. The predicted molar refractivity (Wildman–Crippen MR) is 53.0 cm³/mol. The van der Waals surface area contributed by atoms with Crippen LogP contribution in [0.2, 0.25) is 5.15 Å². The average Bonchev–Trinajstić information content (AvgIpc) is 2.46. The molecule has 1 heterocycles. The van der Waals surface area contributed by atoms with Crippen LogP contribution in [0.3, 0.4) is 0 Å². The van der Waals surface area contributed by atoms with Gasteiger partial charge in [0.2, 0.25) is 0 Å². The number of hydrogen-bond donors (Lipinski definition) is 1. The third-order valence-corrected chi connectivity index (χ3v) is 2.25. The molecule has 0 radical (unpaired) electrons. The van der Waals surface area contributed by atoms with Crippen LogP contribution < -0.4 is 5.73 Å². The summed E-state index contributed by atoms with van der Waals surface area (Å²) in [5, 5.41) is 4.09. The standard InChI is InChI=1S/C8H12ClN3O2/c1-8(2,7(13)14-3)12-4-5(10)6(9)11-12/h4H,10H2,1-3H3. The van der Waals surface area contributed by atoms with Crippen molar-refractivity contribution in [3.63, 3.8) is 0 Å². The van der Waals surface area contributed by atoms with Gasteiger partial charge < -0.3 is 10.5 Å². The van der Waals surface area contributed by atoms with Gasteiger partial charge >= 0.3 is 5.97 Å². The summed E-state index contributed by atoms with van der Waals surface area (Å²) < 4.78 is 6.02. The summed E-state index contributed by atoms with van der Waals surface area (Å²) in [4.78, 5) is 11.4. The second-order valence-corrected chi connectivity index (χ2v) is 3.73. The maximum absolute atomic E-state index is 11.4. The molecule has 0 aliphatic carbocycles. The fourth-order valence-electron chi connectivity index (χ4n) is 0.996. The van der Waals surface area contributed by atoms with Gasteiger partial charge in [0.25, 0.3) is 0 Å². The number of esters is 1. The van der Waals surface area contributed by atoms with Crippen LogP contribution in [0.1, 0.15) is 13.8 Å². The van der Waals surface area contributed by atoms with Gasteiger partial charge in [-0.3, -0.25) is 4.68 Å². The number of nitrogens with zero attached hydrogens (tertiary/aromatic N) is 2. The van der Waals surface area contributed by atoms with E-state index in [9.17, 15) is 4.79 Å². The fraction of sp³-hybridized carbons (Fsp3) is 0.500. The average molecular weight is 218 g/mol. The van der Waals surface area contributed by atoms with Gasteiger partial charge in [0.1, 0.15) is 0 Å². The molecule has 6 heteroatoms. The lowest BCUT2D eigenvalue weighted by Gasteiger charge is -2.21. The van der Waals surface area contributed by atoms with E-state index in [-0.39, 0.29) is 5.15 Å². The summed E-state index contributed by atoms with van der Waals surface area (Å²) in [6, 6.07) is 0. The molecule has 1 aromatic heterocycles. The molecule has 1 rings (SSSR count). The van der Waals surface area contributed by atoms with Crippen LogP contribution in [0.25, 0.3) is 0 Å². The van der Waals surface area contributed by atoms with E-state index in [1.807, 2.05) is 0 Å². The number of nitrogens with two attached hydrogens (primary N) is 1. The Hall–Kier alpha value is -1.23. The lowest BCUT2D eigenvalue weighted by Crippen LogP contribution is -2.37. The topological polar surface area (TPSA) is 70.1 Å². The van der Waals surface area contributed by atoms with Crippen molar-refractivity contribution in [1.82, 2.24) is 9.78 Å². The molecule has 78 valence electrons. The highest BCUT2D eigenvalue weighted by atomic mass is 35.5. The molecular weight excluding hydrogens is 206 g/mol. The van der Waals surface area contributed by atoms with Crippen molar-refractivity contribution in [3.05, 3.63) is 11.3 Å². The minimum atomic E-state index is -0.907. The van der Waals surface area contributed by atoms with Gasteiger partial charge in [-0.2, -0.15) is 5.10 Å². The van der Waals surface area contributed by atoms with Crippen molar-refractivity contribution in [2.75, 3.05) is 12.8 Å². The van der Waals surface area contributed by atoms with E-state index in [4.69, 9.17) is 17.3 Å². The first kappa shape index (κ1) is 10.8. The molecule has 0 unspecified atom stereocenters. The van der Waals surface area contributed by atoms with Crippen LogP contribution in [-0.2, 0) is 15.1 Å². The highest BCUT2D eigenvalue weighted by Crippen LogP contribution is 2.22. The van der Waals surface area contributed by atoms with Gasteiger partial charge in [-0.25, -0.2) is 4.79 Å².